The van der Waals surface area contributed by atoms with Gasteiger partial charge in [-0.1, -0.05) is 26.0 Å². The van der Waals surface area contributed by atoms with Crippen LogP contribution in [-0.4, -0.2) is 5.11 Å². The molecule has 0 aromatic heterocycles. The van der Waals surface area contributed by atoms with Gasteiger partial charge in [0.15, 0.2) is 0 Å². The average molecular weight is 187 g/mol. The van der Waals surface area contributed by atoms with Crippen LogP contribution in [0.2, 0.25) is 0 Å². The van der Waals surface area contributed by atoms with E-state index < -0.39 is 0 Å². The van der Waals surface area contributed by atoms with E-state index in [9.17, 15) is 5.11 Å². The van der Waals surface area contributed by atoms with E-state index in [1.54, 1.807) is 0 Å². The number of hydrogen-bond donors (Lipinski definition) is 1. The number of benzene rings is 1. The summed E-state index contributed by atoms with van der Waals surface area (Å²) >= 11 is 0. The van der Waals surface area contributed by atoms with Gasteiger partial charge >= 0.3 is 0 Å². The van der Waals surface area contributed by atoms with Crippen LogP contribution in [0, 0.1) is 6.92 Å². The molecule has 0 atom stereocenters. The third-order valence-electron chi connectivity index (χ3n) is 1.90. The number of phenols is 1. The molecule has 0 aliphatic heterocycles. The second-order valence-electron chi connectivity index (χ2n) is 3.20. The SMILES string of the molecule is Cc1ccc(C(C)C)cc1O.Cl. The van der Waals surface area contributed by atoms with Crippen molar-refractivity contribution >= 4 is 12.4 Å². The fourth-order valence-electron chi connectivity index (χ4n) is 0.986. The largest absolute Gasteiger partial charge is 0.508 e. The van der Waals surface area contributed by atoms with Gasteiger partial charge in [-0.25, -0.2) is 0 Å². The lowest BCUT2D eigenvalue weighted by Crippen LogP contribution is -1.86. The van der Waals surface area contributed by atoms with Crippen molar-refractivity contribution in [1.82, 2.24) is 0 Å². The van der Waals surface area contributed by atoms with E-state index in [1.165, 1.54) is 5.56 Å². The minimum Gasteiger partial charge on any atom is -0.508 e. The van der Waals surface area contributed by atoms with Crippen molar-refractivity contribution in [3.05, 3.63) is 29.3 Å². The summed E-state index contributed by atoms with van der Waals surface area (Å²) in [4.78, 5) is 0. The molecule has 2 heteroatoms. The van der Waals surface area contributed by atoms with Crippen molar-refractivity contribution in [3.8, 4) is 5.75 Å². The number of rotatable bonds is 1. The molecular formula is C10H15ClO. The molecule has 68 valence electrons. The van der Waals surface area contributed by atoms with Crippen molar-refractivity contribution < 1.29 is 5.11 Å². The number of aryl methyl sites for hydroxylation is 1. The molecule has 0 aliphatic carbocycles. The standard InChI is InChI=1S/C10H14O.ClH/c1-7(2)9-5-4-8(3)10(11)6-9;/h4-7,11H,1-3H3;1H. The number of phenolic OH excluding ortho intramolecular Hbond substituents is 1. The molecule has 0 heterocycles. The van der Waals surface area contributed by atoms with Gasteiger partial charge in [0, 0.05) is 0 Å². The lowest BCUT2D eigenvalue weighted by atomic mass is 10.0. The maximum atomic E-state index is 9.35. The smallest absolute Gasteiger partial charge is 0.118 e. The summed E-state index contributed by atoms with van der Waals surface area (Å²) in [5.41, 5.74) is 2.13. The molecule has 0 radical (unpaired) electrons. The van der Waals surface area contributed by atoms with E-state index in [0.29, 0.717) is 11.7 Å². The highest BCUT2D eigenvalue weighted by Crippen LogP contribution is 2.22. The predicted octanol–water partition coefficient (Wildman–Crippen LogP) is 3.25. The van der Waals surface area contributed by atoms with Crippen LogP contribution in [0.1, 0.15) is 30.9 Å². The Labute approximate surface area is 79.8 Å². The van der Waals surface area contributed by atoms with Gasteiger partial charge in [-0.3, -0.25) is 0 Å². The first-order valence-electron chi connectivity index (χ1n) is 3.91. The highest BCUT2D eigenvalue weighted by molar-refractivity contribution is 5.85. The van der Waals surface area contributed by atoms with Crippen LogP contribution < -0.4 is 0 Å². The normalized spacial score (nSPS) is 9.67. The van der Waals surface area contributed by atoms with E-state index in [0.717, 1.165) is 5.56 Å². The maximum absolute atomic E-state index is 9.35. The topological polar surface area (TPSA) is 20.2 Å². The quantitative estimate of drug-likeness (QED) is 0.714. The van der Waals surface area contributed by atoms with Gasteiger partial charge < -0.3 is 5.11 Å². The molecular weight excluding hydrogens is 172 g/mol. The minimum absolute atomic E-state index is 0. The minimum atomic E-state index is 0. The van der Waals surface area contributed by atoms with Crippen LogP contribution >= 0.6 is 12.4 Å². The van der Waals surface area contributed by atoms with Crippen molar-refractivity contribution in [2.75, 3.05) is 0 Å². The second kappa shape index (κ2) is 4.36. The Morgan fingerprint density at radius 2 is 1.83 bits per heavy atom. The Kier molecular flexibility index (Phi) is 4.11. The highest BCUT2D eigenvalue weighted by atomic mass is 35.5. The lowest BCUT2D eigenvalue weighted by molar-refractivity contribution is 0.470. The first-order chi connectivity index (χ1) is 5.11. The highest BCUT2D eigenvalue weighted by Gasteiger charge is 2.00. The zero-order valence-electron chi connectivity index (χ0n) is 7.66. The zero-order valence-corrected chi connectivity index (χ0v) is 8.48. The molecule has 0 saturated heterocycles. The summed E-state index contributed by atoms with van der Waals surface area (Å²) in [7, 11) is 0. The van der Waals surface area contributed by atoms with E-state index >= 15 is 0 Å². The van der Waals surface area contributed by atoms with Crippen molar-refractivity contribution in [3.63, 3.8) is 0 Å². The van der Waals surface area contributed by atoms with Gasteiger partial charge in [0.25, 0.3) is 0 Å². The van der Waals surface area contributed by atoms with Gasteiger partial charge in [0.2, 0.25) is 0 Å². The molecule has 1 aromatic carbocycles. The predicted molar refractivity (Wildman–Crippen MR) is 54.2 cm³/mol. The van der Waals surface area contributed by atoms with Crippen molar-refractivity contribution in [2.24, 2.45) is 0 Å². The van der Waals surface area contributed by atoms with Crippen LogP contribution in [0.15, 0.2) is 18.2 Å². The summed E-state index contributed by atoms with van der Waals surface area (Å²) in [6, 6.07) is 5.84. The van der Waals surface area contributed by atoms with Crippen LogP contribution in [-0.2, 0) is 0 Å². The van der Waals surface area contributed by atoms with Crippen LogP contribution in [0.3, 0.4) is 0 Å². The molecule has 12 heavy (non-hydrogen) atoms. The molecule has 1 aromatic rings. The molecule has 1 N–H and O–H groups in total. The van der Waals surface area contributed by atoms with Gasteiger partial charge in [0.05, 0.1) is 0 Å². The Hall–Kier alpha value is -0.690. The summed E-state index contributed by atoms with van der Waals surface area (Å²) < 4.78 is 0. The molecule has 0 spiro atoms. The average Bonchev–Trinajstić information content (AvgIpc) is 1.94. The molecule has 0 fully saturated rings. The monoisotopic (exact) mass is 186 g/mol. The zero-order chi connectivity index (χ0) is 8.43. The van der Waals surface area contributed by atoms with Crippen LogP contribution in [0.4, 0.5) is 0 Å². The third-order valence-corrected chi connectivity index (χ3v) is 1.90. The fourth-order valence-corrected chi connectivity index (χ4v) is 0.986. The number of aromatic hydroxyl groups is 1. The van der Waals surface area contributed by atoms with E-state index in [1.807, 2.05) is 19.1 Å². The first-order valence-corrected chi connectivity index (χ1v) is 3.91. The van der Waals surface area contributed by atoms with E-state index in [2.05, 4.69) is 19.9 Å². The number of hydrogen-bond acceptors (Lipinski definition) is 1. The number of halogens is 1. The second-order valence-corrected chi connectivity index (χ2v) is 3.20. The fraction of sp³-hybridized carbons (Fsp3) is 0.400. The van der Waals surface area contributed by atoms with E-state index in [-0.39, 0.29) is 12.4 Å². The van der Waals surface area contributed by atoms with Gasteiger partial charge in [-0.15, -0.1) is 12.4 Å². The Bertz CT molecular complexity index is 256. The summed E-state index contributed by atoms with van der Waals surface area (Å²) in [6.45, 7) is 6.13. The Morgan fingerprint density at radius 3 is 2.25 bits per heavy atom. The summed E-state index contributed by atoms with van der Waals surface area (Å²) in [5.74, 6) is 0.887. The third kappa shape index (κ3) is 2.42. The van der Waals surface area contributed by atoms with Gasteiger partial charge in [-0.2, -0.15) is 0 Å². The van der Waals surface area contributed by atoms with Crippen molar-refractivity contribution in [2.45, 2.75) is 26.7 Å². The first kappa shape index (κ1) is 11.3. The molecule has 0 unspecified atom stereocenters. The van der Waals surface area contributed by atoms with Gasteiger partial charge in [-0.05, 0) is 30.0 Å². The van der Waals surface area contributed by atoms with Crippen LogP contribution in [0.25, 0.3) is 0 Å². The Morgan fingerprint density at radius 1 is 1.25 bits per heavy atom. The Balaban J connectivity index is 0.00000121. The van der Waals surface area contributed by atoms with Gasteiger partial charge in [0.1, 0.15) is 5.75 Å². The lowest BCUT2D eigenvalue weighted by Gasteiger charge is -2.06. The van der Waals surface area contributed by atoms with E-state index in [4.69, 9.17) is 0 Å². The molecule has 0 amide bonds. The summed E-state index contributed by atoms with van der Waals surface area (Å²) in [5, 5.41) is 9.35. The molecule has 0 bridgehead atoms. The molecule has 0 aliphatic rings. The van der Waals surface area contributed by atoms with Crippen LogP contribution in [0.5, 0.6) is 5.75 Å². The molecule has 1 nitrogen and oxygen atoms in total. The summed E-state index contributed by atoms with van der Waals surface area (Å²) in [6.07, 6.45) is 0. The van der Waals surface area contributed by atoms with Crippen molar-refractivity contribution in [1.29, 1.82) is 0 Å². The molecule has 0 saturated carbocycles. The maximum Gasteiger partial charge on any atom is 0.118 e. The molecule has 1 rings (SSSR count).